The first-order valence-corrected chi connectivity index (χ1v) is 9.34. The van der Waals surface area contributed by atoms with Gasteiger partial charge in [-0.25, -0.2) is 4.98 Å². The molecule has 3 aromatic rings. The van der Waals surface area contributed by atoms with Gasteiger partial charge >= 0.3 is 0 Å². The fraction of sp³-hybridized carbons (Fsp3) is 0.333. The summed E-state index contributed by atoms with van der Waals surface area (Å²) in [6.45, 7) is 2.02. The van der Waals surface area contributed by atoms with E-state index in [0.717, 1.165) is 34.3 Å². The molecule has 0 spiro atoms. The van der Waals surface area contributed by atoms with Gasteiger partial charge < -0.3 is 9.72 Å². The molecule has 8 heteroatoms. The van der Waals surface area contributed by atoms with Gasteiger partial charge in [-0.15, -0.1) is 10.2 Å². The summed E-state index contributed by atoms with van der Waals surface area (Å²) < 4.78 is 2.00. The van der Waals surface area contributed by atoms with Crippen LogP contribution in [-0.2, 0) is 17.0 Å². The molecule has 0 saturated heterocycles. The Morgan fingerprint density at radius 3 is 3.09 bits per heavy atom. The number of nitrogens with one attached hydrogen (secondary N) is 1. The fourth-order valence-electron chi connectivity index (χ4n) is 2.03. The van der Waals surface area contributed by atoms with E-state index >= 15 is 0 Å². The molecular weight excluding hydrogens is 330 g/mol. The van der Waals surface area contributed by atoms with E-state index in [1.54, 1.807) is 11.8 Å². The summed E-state index contributed by atoms with van der Waals surface area (Å²) in [6.07, 6.45) is 5.30. The highest BCUT2D eigenvalue weighted by atomic mass is 32.2. The van der Waals surface area contributed by atoms with Crippen LogP contribution in [0.3, 0.4) is 0 Å². The van der Waals surface area contributed by atoms with Gasteiger partial charge in [-0.05, 0) is 18.6 Å². The third-order valence-electron chi connectivity index (χ3n) is 3.15. The van der Waals surface area contributed by atoms with Crippen LogP contribution in [0.5, 0.6) is 0 Å². The van der Waals surface area contributed by atoms with Crippen LogP contribution in [0.1, 0.15) is 24.0 Å². The maximum Gasteiger partial charge on any atom is 0.227 e. The van der Waals surface area contributed by atoms with E-state index in [1.807, 2.05) is 41.9 Å². The summed E-state index contributed by atoms with van der Waals surface area (Å²) in [4.78, 5) is 16.4. The molecule has 3 heterocycles. The molecule has 0 fully saturated rings. The Morgan fingerprint density at radius 1 is 1.39 bits per heavy atom. The van der Waals surface area contributed by atoms with E-state index in [2.05, 4.69) is 20.5 Å². The Morgan fingerprint density at radius 2 is 2.30 bits per heavy atom. The summed E-state index contributed by atoms with van der Waals surface area (Å²) in [5.74, 6) is 1.53. The van der Waals surface area contributed by atoms with Gasteiger partial charge in [0.25, 0.3) is 0 Å². The lowest BCUT2D eigenvalue weighted by Crippen LogP contribution is -2.12. The van der Waals surface area contributed by atoms with Crippen LogP contribution in [0.2, 0.25) is 0 Å². The number of hydrogen-bond donors (Lipinski definition) is 1. The van der Waals surface area contributed by atoms with Gasteiger partial charge in [0.15, 0.2) is 0 Å². The van der Waals surface area contributed by atoms with Crippen molar-refractivity contribution in [2.75, 3.05) is 11.1 Å². The highest BCUT2D eigenvalue weighted by molar-refractivity contribution is 7.98. The lowest BCUT2D eigenvalue weighted by Gasteiger charge is -2.00. The van der Waals surface area contributed by atoms with Crippen molar-refractivity contribution >= 4 is 39.8 Å². The van der Waals surface area contributed by atoms with Crippen LogP contribution in [0.4, 0.5) is 5.13 Å². The van der Waals surface area contributed by atoms with Crippen molar-refractivity contribution in [1.29, 1.82) is 0 Å². The average molecular weight is 347 g/mol. The van der Waals surface area contributed by atoms with E-state index in [9.17, 15) is 4.79 Å². The van der Waals surface area contributed by atoms with Crippen molar-refractivity contribution in [1.82, 2.24) is 19.6 Å². The molecule has 0 aliphatic rings. The quantitative estimate of drug-likeness (QED) is 0.665. The normalized spacial score (nSPS) is 11.0. The zero-order valence-corrected chi connectivity index (χ0v) is 14.4. The van der Waals surface area contributed by atoms with Gasteiger partial charge in [-0.1, -0.05) is 24.3 Å². The number of pyridine rings is 1. The van der Waals surface area contributed by atoms with Gasteiger partial charge in [-0.3, -0.25) is 4.79 Å². The number of imidazole rings is 1. The third kappa shape index (κ3) is 4.29. The molecule has 1 N–H and O–H groups in total. The number of aromatic nitrogens is 4. The SMILES string of the molecule is CCc1nnc(NC(=O)CCSCc2cn3ccccc3n2)s1. The van der Waals surface area contributed by atoms with Crippen molar-refractivity contribution in [2.45, 2.75) is 25.5 Å². The van der Waals surface area contributed by atoms with Crippen LogP contribution in [-0.4, -0.2) is 31.2 Å². The molecule has 0 radical (unpaired) electrons. The molecule has 3 aromatic heterocycles. The lowest BCUT2D eigenvalue weighted by atomic mass is 10.5. The average Bonchev–Trinajstić information content (AvgIpc) is 3.17. The standard InChI is InChI=1S/C15H17N5OS2/c1-2-14-18-19-15(23-14)17-13(21)6-8-22-10-11-9-20-7-4-3-5-12(20)16-11/h3-5,7,9H,2,6,8,10H2,1H3,(H,17,19,21). The summed E-state index contributed by atoms with van der Waals surface area (Å²) in [7, 11) is 0. The van der Waals surface area contributed by atoms with Gasteiger partial charge in [-0.2, -0.15) is 11.8 Å². The highest BCUT2D eigenvalue weighted by Gasteiger charge is 2.08. The number of nitrogens with zero attached hydrogens (tertiary/aromatic N) is 4. The fourth-order valence-corrected chi connectivity index (χ4v) is 3.55. The molecule has 0 aromatic carbocycles. The molecule has 6 nitrogen and oxygen atoms in total. The van der Waals surface area contributed by atoms with Crippen LogP contribution in [0, 0.1) is 0 Å². The third-order valence-corrected chi connectivity index (χ3v) is 5.13. The number of anilines is 1. The molecule has 23 heavy (non-hydrogen) atoms. The van der Waals surface area contributed by atoms with Gasteiger partial charge in [0, 0.05) is 30.3 Å². The summed E-state index contributed by atoms with van der Waals surface area (Å²) in [5.41, 5.74) is 1.97. The topological polar surface area (TPSA) is 72.2 Å². The van der Waals surface area contributed by atoms with Crippen molar-refractivity contribution in [3.05, 3.63) is 41.3 Å². The summed E-state index contributed by atoms with van der Waals surface area (Å²) >= 11 is 3.13. The largest absolute Gasteiger partial charge is 0.307 e. The summed E-state index contributed by atoms with van der Waals surface area (Å²) in [6, 6.07) is 5.93. The zero-order chi connectivity index (χ0) is 16.1. The number of rotatable bonds is 7. The minimum Gasteiger partial charge on any atom is -0.307 e. The zero-order valence-electron chi connectivity index (χ0n) is 12.7. The monoisotopic (exact) mass is 347 g/mol. The number of hydrogen-bond acceptors (Lipinski definition) is 6. The van der Waals surface area contributed by atoms with Gasteiger partial charge in [0.1, 0.15) is 10.7 Å². The first kappa shape index (κ1) is 15.9. The molecule has 0 saturated carbocycles. The minimum atomic E-state index is -0.0219. The molecule has 0 bridgehead atoms. The molecule has 1 amide bonds. The van der Waals surface area contributed by atoms with Crippen molar-refractivity contribution in [2.24, 2.45) is 0 Å². The predicted octanol–water partition coefficient (Wildman–Crippen LogP) is 3.01. The van der Waals surface area contributed by atoms with Crippen LogP contribution < -0.4 is 5.32 Å². The summed E-state index contributed by atoms with van der Waals surface area (Å²) in [5, 5.41) is 12.2. The Hall–Kier alpha value is -1.93. The van der Waals surface area contributed by atoms with Crippen LogP contribution >= 0.6 is 23.1 Å². The van der Waals surface area contributed by atoms with Crippen molar-refractivity contribution in [3.8, 4) is 0 Å². The molecular formula is C15H17N5OS2. The van der Waals surface area contributed by atoms with Crippen molar-refractivity contribution < 1.29 is 4.79 Å². The molecule has 0 aliphatic carbocycles. The predicted molar refractivity (Wildman–Crippen MR) is 93.9 cm³/mol. The van der Waals surface area contributed by atoms with Crippen molar-refractivity contribution in [3.63, 3.8) is 0 Å². The van der Waals surface area contributed by atoms with Gasteiger partial charge in [0.2, 0.25) is 11.0 Å². The smallest absolute Gasteiger partial charge is 0.227 e. The van der Waals surface area contributed by atoms with E-state index in [0.29, 0.717) is 11.6 Å². The second-order valence-corrected chi connectivity index (χ2v) is 7.07. The van der Waals surface area contributed by atoms with Gasteiger partial charge in [0.05, 0.1) is 5.69 Å². The van der Waals surface area contributed by atoms with E-state index in [-0.39, 0.29) is 5.91 Å². The Balaban J connectivity index is 1.41. The molecule has 0 aliphatic heterocycles. The minimum absolute atomic E-state index is 0.0219. The number of amides is 1. The molecule has 0 atom stereocenters. The second kappa shape index (κ2) is 7.56. The van der Waals surface area contributed by atoms with Crippen LogP contribution in [0.25, 0.3) is 5.65 Å². The number of carbonyl (C=O) groups is 1. The van der Waals surface area contributed by atoms with Crippen LogP contribution in [0.15, 0.2) is 30.6 Å². The maximum atomic E-state index is 11.9. The molecule has 3 rings (SSSR count). The number of carbonyl (C=O) groups excluding carboxylic acids is 1. The molecule has 120 valence electrons. The number of thioether (sulfide) groups is 1. The highest BCUT2D eigenvalue weighted by Crippen LogP contribution is 2.17. The first-order valence-electron chi connectivity index (χ1n) is 7.37. The number of aryl methyl sites for hydroxylation is 1. The van der Waals surface area contributed by atoms with E-state index < -0.39 is 0 Å². The Kier molecular flexibility index (Phi) is 5.24. The first-order chi connectivity index (χ1) is 11.2. The second-order valence-electron chi connectivity index (χ2n) is 4.90. The maximum absolute atomic E-state index is 11.9. The Labute approximate surface area is 142 Å². The van der Waals surface area contributed by atoms with E-state index in [1.165, 1.54) is 11.3 Å². The Bertz CT molecular complexity index is 765. The molecule has 0 unspecified atom stereocenters. The lowest BCUT2D eigenvalue weighted by molar-refractivity contribution is -0.115. The number of fused-ring (bicyclic) bond motifs is 1. The van der Waals surface area contributed by atoms with E-state index in [4.69, 9.17) is 0 Å².